The first kappa shape index (κ1) is 18.4. The number of hydrogen-bond donors (Lipinski definition) is 0. The molecule has 2 atom stereocenters. The van der Waals surface area contributed by atoms with E-state index in [0.717, 1.165) is 35.3 Å². The summed E-state index contributed by atoms with van der Waals surface area (Å²) in [5, 5.41) is 4.20. The van der Waals surface area contributed by atoms with Gasteiger partial charge in [-0.05, 0) is 56.4 Å². The second-order valence-corrected chi connectivity index (χ2v) is 8.20. The zero-order valence-electron chi connectivity index (χ0n) is 17.0. The smallest absolute Gasteiger partial charge is 0.241 e. The van der Waals surface area contributed by atoms with E-state index in [4.69, 9.17) is 13.7 Å². The third kappa shape index (κ3) is 4.08. The average molecular weight is 393 g/mol. The summed E-state index contributed by atoms with van der Waals surface area (Å²) in [7, 11) is 0. The molecule has 2 aliphatic carbocycles. The number of para-hydroxylation sites is 1. The maximum Gasteiger partial charge on any atom is 0.241 e. The van der Waals surface area contributed by atoms with Crippen molar-refractivity contribution in [1.82, 2.24) is 15.0 Å². The molecule has 6 nitrogen and oxygen atoms in total. The molecule has 6 heteroatoms. The Kier molecular flexibility index (Phi) is 4.87. The maximum absolute atomic E-state index is 6.12. The Bertz CT molecular complexity index is 975. The molecule has 2 saturated carbocycles. The SMILES string of the molecule is CCOc1ccccc1-c1noc(CN(Cc2ccc(C3CC3C)o2)C2CC2)n1. The molecule has 0 aliphatic heterocycles. The normalized spacial score (nSPS) is 20.9. The maximum atomic E-state index is 6.12. The van der Waals surface area contributed by atoms with Gasteiger partial charge in [-0.2, -0.15) is 4.98 Å². The summed E-state index contributed by atoms with van der Waals surface area (Å²) in [4.78, 5) is 7.02. The molecule has 2 aliphatic rings. The number of benzene rings is 1. The van der Waals surface area contributed by atoms with E-state index in [1.54, 1.807) is 0 Å². The second kappa shape index (κ2) is 7.67. The lowest BCUT2D eigenvalue weighted by molar-refractivity contribution is 0.194. The number of nitrogens with zero attached hydrogens (tertiary/aromatic N) is 3. The van der Waals surface area contributed by atoms with Gasteiger partial charge in [0.1, 0.15) is 17.3 Å². The number of aromatic nitrogens is 2. The molecule has 29 heavy (non-hydrogen) atoms. The Labute approximate surface area is 170 Å². The monoisotopic (exact) mass is 393 g/mol. The summed E-state index contributed by atoms with van der Waals surface area (Å²) < 4.78 is 17.4. The number of rotatable bonds is 9. The van der Waals surface area contributed by atoms with E-state index in [9.17, 15) is 0 Å². The first-order chi connectivity index (χ1) is 14.2. The molecule has 0 N–H and O–H groups in total. The van der Waals surface area contributed by atoms with Crippen LogP contribution in [-0.2, 0) is 13.1 Å². The predicted octanol–water partition coefficient (Wildman–Crippen LogP) is 5.02. The summed E-state index contributed by atoms with van der Waals surface area (Å²) in [6, 6.07) is 12.6. The standard InChI is InChI=1S/C23H27N3O3/c1-3-27-20-7-5-4-6-18(20)23-24-22(29-25-23)14-26(16-8-9-16)13-17-10-11-21(28-17)19-12-15(19)2/h4-7,10-11,15-16,19H,3,8-9,12-14H2,1-2H3. The van der Waals surface area contributed by atoms with Crippen LogP contribution in [0.25, 0.3) is 11.4 Å². The van der Waals surface area contributed by atoms with Crippen molar-refractivity contribution in [3.8, 4) is 17.1 Å². The highest BCUT2D eigenvalue weighted by molar-refractivity contribution is 5.63. The molecule has 5 rings (SSSR count). The Hall–Kier alpha value is -2.60. The molecule has 2 fully saturated rings. The van der Waals surface area contributed by atoms with Crippen molar-refractivity contribution in [1.29, 1.82) is 0 Å². The molecule has 0 spiro atoms. The van der Waals surface area contributed by atoms with E-state index >= 15 is 0 Å². The van der Waals surface area contributed by atoms with Gasteiger partial charge in [0.2, 0.25) is 11.7 Å². The van der Waals surface area contributed by atoms with Crippen molar-refractivity contribution in [2.45, 2.75) is 58.2 Å². The van der Waals surface area contributed by atoms with Gasteiger partial charge in [0, 0.05) is 12.0 Å². The van der Waals surface area contributed by atoms with Gasteiger partial charge in [-0.3, -0.25) is 4.90 Å². The van der Waals surface area contributed by atoms with E-state index in [2.05, 4.69) is 34.1 Å². The van der Waals surface area contributed by atoms with Crippen molar-refractivity contribution in [2.24, 2.45) is 5.92 Å². The van der Waals surface area contributed by atoms with Gasteiger partial charge in [-0.15, -0.1) is 0 Å². The fourth-order valence-corrected chi connectivity index (χ4v) is 3.89. The second-order valence-electron chi connectivity index (χ2n) is 8.20. The molecule has 1 aromatic carbocycles. The van der Waals surface area contributed by atoms with Crippen LogP contribution in [0.2, 0.25) is 0 Å². The highest BCUT2D eigenvalue weighted by Gasteiger charge is 2.37. The van der Waals surface area contributed by atoms with Gasteiger partial charge in [0.05, 0.1) is 25.3 Å². The first-order valence-electron chi connectivity index (χ1n) is 10.6. The first-order valence-corrected chi connectivity index (χ1v) is 10.6. The van der Waals surface area contributed by atoms with Crippen molar-refractivity contribution < 1.29 is 13.7 Å². The zero-order valence-corrected chi connectivity index (χ0v) is 17.0. The Morgan fingerprint density at radius 1 is 1.14 bits per heavy atom. The van der Waals surface area contributed by atoms with Gasteiger partial charge in [-0.25, -0.2) is 0 Å². The van der Waals surface area contributed by atoms with Gasteiger partial charge >= 0.3 is 0 Å². The molecule has 0 bridgehead atoms. The quantitative estimate of drug-likeness (QED) is 0.509. The molecule has 0 amide bonds. The van der Waals surface area contributed by atoms with Crippen LogP contribution in [0.4, 0.5) is 0 Å². The lowest BCUT2D eigenvalue weighted by Crippen LogP contribution is -2.25. The summed E-state index contributed by atoms with van der Waals surface area (Å²) >= 11 is 0. The number of furan rings is 1. The van der Waals surface area contributed by atoms with Crippen LogP contribution in [0.3, 0.4) is 0 Å². The van der Waals surface area contributed by atoms with Crippen LogP contribution < -0.4 is 4.74 Å². The van der Waals surface area contributed by atoms with Crippen LogP contribution in [0.5, 0.6) is 5.75 Å². The van der Waals surface area contributed by atoms with Gasteiger partial charge < -0.3 is 13.7 Å². The van der Waals surface area contributed by atoms with Crippen LogP contribution in [0.1, 0.15) is 56.4 Å². The predicted molar refractivity (Wildman–Crippen MR) is 108 cm³/mol. The molecular weight excluding hydrogens is 366 g/mol. The molecule has 2 unspecified atom stereocenters. The van der Waals surface area contributed by atoms with E-state index in [0.29, 0.717) is 36.8 Å². The lowest BCUT2D eigenvalue weighted by atomic mass is 10.2. The fraction of sp³-hybridized carbons (Fsp3) is 0.478. The van der Waals surface area contributed by atoms with E-state index in [1.165, 1.54) is 19.3 Å². The van der Waals surface area contributed by atoms with Gasteiger partial charge in [0.15, 0.2) is 0 Å². The molecule has 152 valence electrons. The zero-order chi connectivity index (χ0) is 19.8. The fourth-order valence-electron chi connectivity index (χ4n) is 3.89. The average Bonchev–Trinajstić information content (AvgIpc) is 3.60. The largest absolute Gasteiger partial charge is 0.493 e. The van der Waals surface area contributed by atoms with E-state index in [1.807, 2.05) is 31.2 Å². The molecule has 2 aromatic heterocycles. The van der Waals surface area contributed by atoms with Gasteiger partial charge in [0.25, 0.3) is 0 Å². The van der Waals surface area contributed by atoms with E-state index < -0.39 is 0 Å². The summed E-state index contributed by atoms with van der Waals surface area (Å²) in [6.07, 6.45) is 3.66. The lowest BCUT2D eigenvalue weighted by Gasteiger charge is -2.18. The highest BCUT2D eigenvalue weighted by atomic mass is 16.5. The summed E-state index contributed by atoms with van der Waals surface area (Å²) in [6.45, 7) is 6.25. The van der Waals surface area contributed by atoms with Gasteiger partial charge in [-0.1, -0.05) is 24.2 Å². The van der Waals surface area contributed by atoms with Crippen molar-refractivity contribution in [2.75, 3.05) is 6.61 Å². The Balaban J connectivity index is 1.29. The van der Waals surface area contributed by atoms with Crippen LogP contribution >= 0.6 is 0 Å². The molecular formula is C23H27N3O3. The Morgan fingerprint density at radius 2 is 1.97 bits per heavy atom. The van der Waals surface area contributed by atoms with Crippen LogP contribution in [-0.4, -0.2) is 27.7 Å². The molecule has 3 aromatic rings. The van der Waals surface area contributed by atoms with Crippen LogP contribution in [0, 0.1) is 5.92 Å². The molecule has 2 heterocycles. The topological polar surface area (TPSA) is 64.5 Å². The summed E-state index contributed by atoms with van der Waals surface area (Å²) in [5.74, 6) is 5.50. The number of hydrogen-bond acceptors (Lipinski definition) is 6. The molecule has 0 saturated heterocycles. The van der Waals surface area contributed by atoms with Crippen molar-refractivity contribution in [3.05, 3.63) is 53.8 Å². The van der Waals surface area contributed by atoms with Crippen LogP contribution in [0.15, 0.2) is 45.3 Å². The minimum atomic E-state index is 0.564. The Morgan fingerprint density at radius 3 is 2.72 bits per heavy atom. The highest BCUT2D eigenvalue weighted by Crippen LogP contribution is 2.47. The minimum Gasteiger partial charge on any atom is -0.493 e. The van der Waals surface area contributed by atoms with E-state index in [-0.39, 0.29) is 0 Å². The van der Waals surface area contributed by atoms with Crippen molar-refractivity contribution in [3.63, 3.8) is 0 Å². The molecule has 0 radical (unpaired) electrons. The number of ether oxygens (including phenoxy) is 1. The third-order valence-electron chi connectivity index (χ3n) is 5.81. The third-order valence-corrected chi connectivity index (χ3v) is 5.81. The summed E-state index contributed by atoms with van der Waals surface area (Å²) in [5.41, 5.74) is 0.858. The minimum absolute atomic E-state index is 0.564. The van der Waals surface area contributed by atoms with Crippen molar-refractivity contribution >= 4 is 0 Å².